The molecule has 0 radical (unpaired) electrons. The van der Waals surface area contributed by atoms with Crippen LogP contribution in [0.25, 0.3) is 0 Å². The molecule has 2 saturated heterocycles. The van der Waals surface area contributed by atoms with E-state index < -0.39 is 0 Å². The van der Waals surface area contributed by atoms with E-state index in [-0.39, 0.29) is 35.8 Å². The molecule has 3 atom stereocenters. The van der Waals surface area contributed by atoms with E-state index in [0.717, 1.165) is 24.8 Å². The van der Waals surface area contributed by atoms with Crippen molar-refractivity contribution < 1.29 is 18.7 Å². The van der Waals surface area contributed by atoms with E-state index in [9.17, 15) is 14.0 Å². The molecule has 0 unspecified atom stereocenters. The Hall–Kier alpha value is -2.73. The Kier molecular flexibility index (Phi) is 6.66. The number of halogens is 1. The summed E-state index contributed by atoms with van der Waals surface area (Å²) in [6.45, 7) is 0.491. The minimum Gasteiger partial charge on any atom is -0.380 e. The molecule has 6 heteroatoms. The Morgan fingerprint density at radius 2 is 1.94 bits per heavy atom. The average Bonchev–Trinajstić information content (AvgIpc) is 3.07. The normalized spacial score (nSPS) is 23.6. The second kappa shape index (κ2) is 9.60. The summed E-state index contributed by atoms with van der Waals surface area (Å²) >= 11 is 0. The first kappa shape index (κ1) is 21.5. The molecule has 164 valence electrons. The van der Waals surface area contributed by atoms with Gasteiger partial charge in [0.15, 0.2) is 0 Å². The molecule has 0 spiro atoms. The Labute approximate surface area is 182 Å². The first-order valence-corrected chi connectivity index (χ1v) is 11.0. The van der Waals surface area contributed by atoms with Crippen LogP contribution in [0.15, 0.2) is 48.5 Å². The van der Waals surface area contributed by atoms with Crippen LogP contribution in [-0.2, 0) is 22.6 Å². The van der Waals surface area contributed by atoms with Gasteiger partial charge in [0.05, 0.1) is 18.7 Å². The van der Waals surface area contributed by atoms with Gasteiger partial charge >= 0.3 is 0 Å². The van der Waals surface area contributed by atoms with Gasteiger partial charge in [0.2, 0.25) is 5.91 Å². The SMILES string of the molecule is COCc1ccc(C(=O)N2[C@H](Cc3ccccc3F)C[C@@H]3NC(=O)CCCC[C@H]32)cc1. The molecule has 4 rings (SSSR count). The Morgan fingerprint density at radius 3 is 2.68 bits per heavy atom. The molecule has 1 N–H and O–H groups in total. The molecule has 2 fully saturated rings. The summed E-state index contributed by atoms with van der Waals surface area (Å²) in [6, 6.07) is 13.8. The lowest BCUT2D eigenvalue weighted by Gasteiger charge is -2.33. The van der Waals surface area contributed by atoms with E-state index in [1.165, 1.54) is 6.07 Å². The third kappa shape index (κ3) is 4.79. The van der Waals surface area contributed by atoms with Gasteiger partial charge in [-0.15, -0.1) is 0 Å². The number of methoxy groups -OCH3 is 1. The van der Waals surface area contributed by atoms with Crippen LogP contribution in [0.4, 0.5) is 4.39 Å². The van der Waals surface area contributed by atoms with Crippen molar-refractivity contribution in [3.8, 4) is 0 Å². The molecule has 2 aromatic carbocycles. The number of rotatable bonds is 5. The highest BCUT2D eigenvalue weighted by atomic mass is 19.1. The van der Waals surface area contributed by atoms with E-state index in [4.69, 9.17) is 4.74 Å². The molecule has 0 saturated carbocycles. The zero-order valence-corrected chi connectivity index (χ0v) is 17.9. The molecule has 2 aliphatic rings. The first-order chi connectivity index (χ1) is 15.1. The fourth-order valence-corrected chi connectivity index (χ4v) is 4.92. The predicted molar refractivity (Wildman–Crippen MR) is 116 cm³/mol. The molecular weight excluding hydrogens is 395 g/mol. The molecule has 2 amide bonds. The van der Waals surface area contributed by atoms with Crippen LogP contribution >= 0.6 is 0 Å². The quantitative estimate of drug-likeness (QED) is 0.793. The monoisotopic (exact) mass is 424 g/mol. The minimum absolute atomic E-state index is 0.0394. The van der Waals surface area contributed by atoms with E-state index in [1.54, 1.807) is 19.2 Å². The van der Waals surface area contributed by atoms with Gasteiger partial charge in [0, 0.05) is 25.1 Å². The number of likely N-dealkylation sites (tertiary alicyclic amines) is 1. The van der Waals surface area contributed by atoms with Crippen LogP contribution < -0.4 is 5.32 Å². The van der Waals surface area contributed by atoms with Crippen LogP contribution in [0.3, 0.4) is 0 Å². The van der Waals surface area contributed by atoms with Crippen molar-refractivity contribution in [3.05, 3.63) is 71.0 Å². The van der Waals surface area contributed by atoms with E-state index >= 15 is 0 Å². The number of benzene rings is 2. The summed E-state index contributed by atoms with van der Waals surface area (Å²) < 4.78 is 19.5. The number of nitrogens with zero attached hydrogens (tertiary/aromatic N) is 1. The summed E-state index contributed by atoms with van der Waals surface area (Å²) in [4.78, 5) is 27.8. The van der Waals surface area contributed by atoms with Crippen LogP contribution in [0.2, 0.25) is 0 Å². The number of fused-ring (bicyclic) bond motifs is 1. The van der Waals surface area contributed by atoms with Crippen LogP contribution in [0, 0.1) is 5.82 Å². The van der Waals surface area contributed by atoms with E-state index in [0.29, 0.717) is 37.0 Å². The van der Waals surface area contributed by atoms with Crippen molar-refractivity contribution in [3.63, 3.8) is 0 Å². The first-order valence-electron chi connectivity index (χ1n) is 11.0. The number of carbonyl (C=O) groups is 2. The van der Waals surface area contributed by atoms with Gasteiger partial charge in [-0.05, 0) is 55.0 Å². The van der Waals surface area contributed by atoms with Gasteiger partial charge in [-0.3, -0.25) is 9.59 Å². The van der Waals surface area contributed by atoms with Crippen molar-refractivity contribution in [1.82, 2.24) is 10.2 Å². The summed E-state index contributed by atoms with van der Waals surface area (Å²) in [6.07, 6.45) is 4.15. The number of hydrogen-bond acceptors (Lipinski definition) is 3. The van der Waals surface area contributed by atoms with Gasteiger partial charge in [-0.25, -0.2) is 4.39 Å². The Balaban J connectivity index is 1.64. The maximum atomic E-state index is 14.4. The maximum Gasteiger partial charge on any atom is 0.254 e. The smallest absolute Gasteiger partial charge is 0.254 e. The third-order valence-electron chi connectivity index (χ3n) is 6.40. The number of nitrogens with one attached hydrogen (secondary N) is 1. The van der Waals surface area contributed by atoms with Crippen LogP contribution in [0.5, 0.6) is 0 Å². The highest BCUT2D eigenvalue weighted by Gasteiger charge is 2.44. The second-order valence-corrected chi connectivity index (χ2v) is 8.51. The molecule has 0 aliphatic carbocycles. The lowest BCUT2D eigenvalue weighted by molar-refractivity contribution is -0.122. The van der Waals surface area contributed by atoms with E-state index in [2.05, 4.69) is 5.32 Å². The summed E-state index contributed by atoms with van der Waals surface area (Å²) in [7, 11) is 1.64. The van der Waals surface area contributed by atoms with E-state index in [1.807, 2.05) is 35.2 Å². The third-order valence-corrected chi connectivity index (χ3v) is 6.40. The Morgan fingerprint density at radius 1 is 1.16 bits per heavy atom. The highest BCUT2D eigenvalue weighted by molar-refractivity contribution is 5.95. The fourth-order valence-electron chi connectivity index (χ4n) is 4.92. The predicted octanol–water partition coefficient (Wildman–Crippen LogP) is 3.86. The van der Waals surface area contributed by atoms with Crippen molar-refractivity contribution >= 4 is 11.8 Å². The molecular formula is C25H29FN2O3. The van der Waals surface area contributed by atoms with Crippen molar-refractivity contribution in [2.75, 3.05) is 7.11 Å². The van der Waals surface area contributed by atoms with Crippen LogP contribution in [0.1, 0.15) is 53.6 Å². The number of amides is 2. The lowest BCUT2D eigenvalue weighted by Crippen LogP contribution is -2.49. The van der Waals surface area contributed by atoms with Crippen molar-refractivity contribution in [1.29, 1.82) is 0 Å². The topological polar surface area (TPSA) is 58.6 Å². The Bertz CT molecular complexity index is 931. The summed E-state index contributed by atoms with van der Waals surface area (Å²) in [5, 5.41) is 3.13. The minimum atomic E-state index is -0.257. The highest BCUT2D eigenvalue weighted by Crippen LogP contribution is 2.33. The number of carbonyl (C=O) groups excluding carboxylic acids is 2. The zero-order valence-electron chi connectivity index (χ0n) is 17.9. The second-order valence-electron chi connectivity index (χ2n) is 8.51. The molecule has 0 bridgehead atoms. The van der Waals surface area contributed by atoms with Crippen molar-refractivity contribution in [2.24, 2.45) is 0 Å². The molecule has 2 aliphatic heterocycles. The van der Waals surface area contributed by atoms with Gasteiger partial charge in [-0.2, -0.15) is 0 Å². The fraction of sp³-hybridized carbons (Fsp3) is 0.440. The number of ether oxygens (including phenoxy) is 1. The van der Waals surface area contributed by atoms with Gasteiger partial charge < -0.3 is 15.0 Å². The maximum absolute atomic E-state index is 14.4. The zero-order chi connectivity index (χ0) is 21.8. The standard InChI is InChI=1S/C25H29FN2O3/c1-31-16-17-10-12-18(13-11-17)25(30)28-20(14-19-6-2-3-7-21(19)26)15-22-23(28)8-4-5-9-24(29)27-22/h2-3,6-7,10-13,20,22-23H,4-5,8-9,14-16H2,1H3,(H,27,29)/t20-,22+,23-/m1/s1. The summed E-state index contributed by atoms with van der Waals surface area (Å²) in [5.74, 6) is -0.280. The molecule has 2 heterocycles. The molecule has 2 aromatic rings. The number of hydrogen-bond donors (Lipinski definition) is 1. The largest absolute Gasteiger partial charge is 0.380 e. The molecule has 31 heavy (non-hydrogen) atoms. The van der Waals surface area contributed by atoms with Gasteiger partial charge in [-0.1, -0.05) is 36.8 Å². The lowest BCUT2D eigenvalue weighted by atomic mass is 9.97. The van der Waals surface area contributed by atoms with Gasteiger partial charge in [0.25, 0.3) is 5.91 Å². The van der Waals surface area contributed by atoms with Crippen LogP contribution in [-0.4, -0.2) is 41.9 Å². The molecule has 5 nitrogen and oxygen atoms in total. The van der Waals surface area contributed by atoms with Gasteiger partial charge in [0.1, 0.15) is 5.82 Å². The average molecular weight is 425 g/mol. The molecule has 0 aromatic heterocycles. The van der Waals surface area contributed by atoms with Crippen molar-refractivity contribution in [2.45, 2.75) is 63.3 Å². The summed E-state index contributed by atoms with van der Waals surface area (Å²) in [5.41, 5.74) is 2.20.